The third-order valence-electron chi connectivity index (χ3n) is 13.2. The summed E-state index contributed by atoms with van der Waals surface area (Å²) < 4.78 is 16.9. The Morgan fingerprint density at radius 1 is 0.247 bits per heavy atom. The summed E-state index contributed by atoms with van der Waals surface area (Å²) in [4.78, 5) is 38.3. The summed E-state index contributed by atoms with van der Waals surface area (Å²) in [5, 5.41) is 0. The Morgan fingerprint density at radius 3 is 0.716 bits per heavy atom. The monoisotopic (exact) mass is 1110 g/mol. The molecule has 0 aliphatic carbocycles. The van der Waals surface area contributed by atoms with Gasteiger partial charge in [-0.05, 0) is 148 Å². The number of rotatable bonds is 57. The van der Waals surface area contributed by atoms with Crippen molar-refractivity contribution in [3.8, 4) is 0 Å². The van der Waals surface area contributed by atoms with E-state index in [0.717, 1.165) is 154 Å². The van der Waals surface area contributed by atoms with E-state index < -0.39 is 6.10 Å². The maximum absolute atomic E-state index is 12.9. The summed E-state index contributed by atoms with van der Waals surface area (Å²) in [6.07, 6.45) is 99.4. The van der Waals surface area contributed by atoms with Crippen LogP contribution >= 0.6 is 0 Å². The molecule has 0 aromatic heterocycles. The summed E-state index contributed by atoms with van der Waals surface area (Å²) in [6, 6.07) is 0. The molecule has 0 aliphatic rings. The van der Waals surface area contributed by atoms with Gasteiger partial charge in [-0.15, -0.1) is 0 Å². The van der Waals surface area contributed by atoms with Crippen LogP contribution in [0.3, 0.4) is 0 Å². The largest absolute Gasteiger partial charge is 0.462 e. The Bertz CT molecular complexity index is 1860. The Labute approximate surface area is 498 Å². The molecule has 0 radical (unpaired) electrons. The van der Waals surface area contributed by atoms with Gasteiger partial charge in [0, 0.05) is 19.3 Å². The molecule has 0 saturated heterocycles. The Kier molecular flexibility index (Phi) is 62.9. The number of allylic oxidation sites excluding steroid dienone is 28. The van der Waals surface area contributed by atoms with Gasteiger partial charge in [0.05, 0.1) is 0 Å². The van der Waals surface area contributed by atoms with E-state index in [1.807, 2.05) is 0 Å². The lowest BCUT2D eigenvalue weighted by atomic mass is 10.0. The van der Waals surface area contributed by atoms with Gasteiger partial charge in [0.15, 0.2) is 6.10 Å². The fraction of sp³-hybridized carbons (Fsp3) is 0.587. The lowest BCUT2D eigenvalue weighted by Gasteiger charge is -2.18. The standard InChI is InChI=1S/C75H118O6/c1-4-7-10-13-16-19-22-25-28-30-31-32-33-34-35-36-37-38-39-40-41-42-43-45-47-50-53-56-59-62-65-68-74(77)80-71-72(70-79-73(76)67-64-61-58-55-52-49-46-27-24-21-18-15-12-9-6-3)81-75(78)69-66-63-60-57-54-51-48-44-29-26-23-20-17-14-11-8-5-2/h7-12,16-21,25-29,31-32,34-35,37-38,46,48,51-52,55,72H,4-6,13-15,22-24,30,33,36,39-45,47,49-50,53-54,56-71H2,1-3H3/b10-7-,11-8-,12-9-,19-16-,20-17-,21-18-,28-25-,29-26-,32-31-,35-34-,38-37-,46-27-,51-48-,55-52-. The third-order valence-corrected chi connectivity index (χ3v) is 13.2. The van der Waals surface area contributed by atoms with Crippen molar-refractivity contribution in [2.45, 2.75) is 271 Å². The third kappa shape index (κ3) is 65.5. The molecule has 0 aromatic carbocycles. The van der Waals surface area contributed by atoms with Crippen LogP contribution in [0.4, 0.5) is 0 Å². The van der Waals surface area contributed by atoms with E-state index in [9.17, 15) is 14.4 Å². The summed E-state index contributed by atoms with van der Waals surface area (Å²) in [7, 11) is 0. The fourth-order valence-corrected chi connectivity index (χ4v) is 8.43. The van der Waals surface area contributed by atoms with Gasteiger partial charge in [-0.3, -0.25) is 14.4 Å². The predicted molar refractivity (Wildman–Crippen MR) is 352 cm³/mol. The molecule has 0 N–H and O–H groups in total. The average molecular weight is 1120 g/mol. The average Bonchev–Trinajstić information content (AvgIpc) is 3.47. The molecule has 0 saturated carbocycles. The molecule has 0 bridgehead atoms. The first-order valence-corrected chi connectivity index (χ1v) is 32.6. The van der Waals surface area contributed by atoms with Gasteiger partial charge in [-0.25, -0.2) is 0 Å². The van der Waals surface area contributed by atoms with Crippen molar-refractivity contribution < 1.29 is 28.6 Å². The lowest BCUT2D eigenvalue weighted by molar-refractivity contribution is -0.167. The smallest absolute Gasteiger partial charge is 0.306 e. The van der Waals surface area contributed by atoms with Gasteiger partial charge < -0.3 is 14.2 Å². The zero-order valence-electron chi connectivity index (χ0n) is 52.0. The molecule has 0 spiro atoms. The highest BCUT2D eigenvalue weighted by Gasteiger charge is 2.19. The Balaban J connectivity index is 4.36. The van der Waals surface area contributed by atoms with Gasteiger partial charge in [-0.2, -0.15) is 0 Å². The number of unbranched alkanes of at least 4 members (excludes halogenated alkanes) is 18. The molecule has 6 nitrogen and oxygen atoms in total. The van der Waals surface area contributed by atoms with E-state index >= 15 is 0 Å². The van der Waals surface area contributed by atoms with Crippen LogP contribution in [0.5, 0.6) is 0 Å². The van der Waals surface area contributed by atoms with Crippen molar-refractivity contribution in [1.29, 1.82) is 0 Å². The first-order valence-electron chi connectivity index (χ1n) is 32.6. The van der Waals surface area contributed by atoms with Crippen LogP contribution in [0.2, 0.25) is 0 Å². The van der Waals surface area contributed by atoms with Crippen molar-refractivity contribution >= 4 is 17.9 Å². The summed E-state index contributed by atoms with van der Waals surface area (Å²) in [6.45, 7) is 6.24. The summed E-state index contributed by atoms with van der Waals surface area (Å²) in [5.74, 6) is -0.982. The van der Waals surface area contributed by atoms with Crippen molar-refractivity contribution in [2.24, 2.45) is 0 Å². The number of esters is 3. The van der Waals surface area contributed by atoms with Crippen molar-refractivity contribution in [2.75, 3.05) is 13.2 Å². The van der Waals surface area contributed by atoms with Crippen LogP contribution in [-0.4, -0.2) is 37.2 Å². The SMILES string of the molecule is CC/C=C\C/C=C\C/C=C\C/C=C\C/C=C\C/C=C\CCCCCCCCCCCCCCC(=O)OCC(COC(=O)CCCC/C=C\C/C=C\C/C=C\C/C=C\CC)OC(=O)CCCCCC/C=C\C/C=C\C/C=C\C/C=C\CC. The van der Waals surface area contributed by atoms with Crippen molar-refractivity contribution in [3.05, 3.63) is 170 Å². The van der Waals surface area contributed by atoms with Crippen LogP contribution in [0, 0.1) is 0 Å². The Morgan fingerprint density at radius 2 is 0.444 bits per heavy atom. The van der Waals surface area contributed by atoms with Gasteiger partial charge in [0.2, 0.25) is 0 Å². The van der Waals surface area contributed by atoms with Gasteiger partial charge in [0.25, 0.3) is 0 Å². The zero-order chi connectivity index (χ0) is 58.5. The number of carbonyl (C=O) groups excluding carboxylic acids is 3. The maximum Gasteiger partial charge on any atom is 0.306 e. The van der Waals surface area contributed by atoms with E-state index in [1.165, 1.54) is 64.2 Å². The van der Waals surface area contributed by atoms with Crippen LogP contribution in [-0.2, 0) is 28.6 Å². The van der Waals surface area contributed by atoms with Gasteiger partial charge in [-0.1, -0.05) is 268 Å². The van der Waals surface area contributed by atoms with Crippen LogP contribution in [0.1, 0.15) is 265 Å². The van der Waals surface area contributed by atoms with Crippen LogP contribution in [0.25, 0.3) is 0 Å². The molecule has 6 heteroatoms. The highest BCUT2D eigenvalue weighted by atomic mass is 16.6. The van der Waals surface area contributed by atoms with Gasteiger partial charge >= 0.3 is 17.9 Å². The second-order valence-electron chi connectivity index (χ2n) is 20.9. The minimum absolute atomic E-state index is 0.109. The van der Waals surface area contributed by atoms with Crippen LogP contribution < -0.4 is 0 Å². The molecule has 1 atom stereocenters. The number of hydrogen-bond acceptors (Lipinski definition) is 6. The molecule has 0 fully saturated rings. The molecule has 0 amide bonds. The molecular weight excluding hydrogens is 997 g/mol. The van der Waals surface area contributed by atoms with E-state index in [-0.39, 0.29) is 37.5 Å². The molecule has 0 rings (SSSR count). The van der Waals surface area contributed by atoms with Crippen molar-refractivity contribution in [3.63, 3.8) is 0 Å². The minimum atomic E-state index is -0.818. The van der Waals surface area contributed by atoms with Gasteiger partial charge in [0.1, 0.15) is 13.2 Å². The molecule has 0 aliphatic heterocycles. The molecule has 0 heterocycles. The van der Waals surface area contributed by atoms with E-state index in [0.29, 0.717) is 19.3 Å². The quantitative estimate of drug-likeness (QED) is 0.0261. The van der Waals surface area contributed by atoms with Crippen molar-refractivity contribution in [1.82, 2.24) is 0 Å². The summed E-state index contributed by atoms with van der Waals surface area (Å²) >= 11 is 0. The number of carbonyl (C=O) groups is 3. The maximum atomic E-state index is 12.9. The highest BCUT2D eigenvalue weighted by molar-refractivity contribution is 5.71. The normalized spacial score (nSPS) is 13.3. The van der Waals surface area contributed by atoms with E-state index in [1.54, 1.807) is 0 Å². The highest BCUT2D eigenvalue weighted by Crippen LogP contribution is 2.15. The molecule has 81 heavy (non-hydrogen) atoms. The second kappa shape index (κ2) is 67.3. The number of hydrogen-bond donors (Lipinski definition) is 0. The lowest BCUT2D eigenvalue weighted by Crippen LogP contribution is -2.30. The Hall–Kier alpha value is -5.23. The predicted octanol–water partition coefficient (Wildman–Crippen LogP) is 22.7. The van der Waals surface area contributed by atoms with E-state index in [4.69, 9.17) is 14.2 Å². The first-order chi connectivity index (χ1) is 40.0. The van der Waals surface area contributed by atoms with Crippen LogP contribution in [0.15, 0.2) is 170 Å². The molecule has 454 valence electrons. The first kappa shape index (κ1) is 75.8. The molecular formula is C75H118O6. The zero-order valence-corrected chi connectivity index (χ0v) is 52.0. The topological polar surface area (TPSA) is 78.9 Å². The molecule has 0 aromatic rings. The second-order valence-corrected chi connectivity index (χ2v) is 20.9. The summed E-state index contributed by atoms with van der Waals surface area (Å²) in [5.41, 5.74) is 0. The minimum Gasteiger partial charge on any atom is -0.462 e. The van der Waals surface area contributed by atoms with E-state index in [2.05, 4.69) is 191 Å². The molecule has 1 unspecified atom stereocenters. The number of ether oxygens (including phenoxy) is 3. The fourth-order valence-electron chi connectivity index (χ4n) is 8.43.